The molecule has 2 fully saturated rings. The molecule has 0 spiro atoms. The molecule has 0 aliphatic carbocycles. The largest absolute Gasteiger partial charge is 0.479 e. The Kier molecular flexibility index (Phi) is 5.94. The molecule has 10 heteroatoms. The maximum atomic E-state index is 13.1. The van der Waals surface area contributed by atoms with E-state index in [1.807, 2.05) is 36.1 Å². The van der Waals surface area contributed by atoms with Crippen molar-refractivity contribution in [3.8, 4) is 16.9 Å². The van der Waals surface area contributed by atoms with Gasteiger partial charge in [-0.05, 0) is 31.2 Å². The van der Waals surface area contributed by atoms with E-state index in [0.717, 1.165) is 44.9 Å². The minimum absolute atomic E-state index is 0.00169. The van der Waals surface area contributed by atoms with E-state index in [1.165, 1.54) is 16.2 Å². The van der Waals surface area contributed by atoms with Gasteiger partial charge in [0.05, 0.1) is 16.3 Å². The summed E-state index contributed by atoms with van der Waals surface area (Å²) in [7, 11) is 0. The van der Waals surface area contributed by atoms with Gasteiger partial charge in [0.15, 0.2) is 6.10 Å². The normalized spacial score (nSPS) is 20.7. The molecule has 3 amide bonds. The van der Waals surface area contributed by atoms with Crippen LogP contribution in [0.1, 0.15) is 36.2 Å². The van der Waals surface area contributed by atoms with Gasteiger partial charge < -0.3 is 15.0 Å². The molecule has 5 heterocycles. The number of pyridine rings is 1. The van der Waals surface area contributed by atoms with E-state index in [0.29, 0.717) is 30.3 Å². The number of likely N-dealkylation sites (tertiary alicyclic amines) is 1. The Labute approximate surface area is 217 Å². The molecule has 186 valence electrons. The number of nitrogens with one attached hydrogen (secondary N) is 1. The van der Waals surface area contributed by atoms with Crippen LogP contribution in [0, 0.1) is 0 Å². The van der Waals surface area contributed by atoms with Crippen LogP contribution in [-0.2, 0) is 20.8 Å². The first-order chi connectivity index (χ1) is 17.4. The standard InChI is InChI=1S/C26H25ClN4O4S/c1-14(31-22(32)2-3-23(31)33)21-13-19-25(36-21)17(4-5-29-19)18-12-16(27)10-15-11-20(35-24(15)18)26(34)30-8-6-28-7-9-30/h4-5,10,12-14,20,28H,2-3,6-9,11H2,1H3/t14-,20?/m1/s1. The number of hydrogen-bond acceptors (Lipinski definition) is 7. The second-order valence-corrected chi connectivity index (χ2v) is 10.9. The summed E-state index contributed by atoms with van der Waals surface area (Å²) in [4.78, 5) is 46.4. The molecule has 2 atom stereocenters. The molecule has 2 aromatic heterocycles. The molecule has 2 saturated heterocycles. The molecule has 0 saturated carbocycles. The van der Waals surface area contributed by atoms with Crippen LogP contribution in [0.15, 0.2) is 30.5 Å². The van der Waals surface area contributed by atoms with Gasteiger partial charge in [-0.15, -0.1) is 11.3 Å². The number of carbonyl (C=O) groups excluding carboxylic acids is 3. The molecule has 1 aromatic carbocycles. The summed E-state index contributed by atoms with van der Waals surface area (Å²) in [5, 5.41) is 3.84. The van der Waals surface area contributed by atoms with Crippen molar-refractivity contribution in [1.29, 1.82) is 0 Å². The zero-order valence-corrected chi connectivity index (χ0v) is 21.3. The maximum absolute atomic E-state index is 13.1. The van der Waals surface area contributed by atoms with Crippen LogP contribution in [0.4, 0.5) is 0 Å². The Morgan fingerprint density at radius 1 is 1.17 bits per heavy atom. The van der Waals surface area contributed by atoms with E-state index < -0.39 is 6.10 Å². The first-order valence-electron chi connectivity index (χ1n) is 12.1. The first-order valence-corrected chi connectivity index (χ1v) is 13.3. The smallest absolute Gasteiger partial charge is 0.264 e. The average Bonchev–Trinajstić information content (AvgIpc) is 3.59. The van der Waals surface area contributed by atoms with Crippen molar-refractivity contribution >= 4 is 50.9 Å². The van der Waals surface area contributed by atoms with Gasteiger partial charge in [-0.3, -0.25) is 24.3 Å². The topological polar surface area (TPSA) is 91.8 Å². The summed E-state index contributed by atoms with van der Waals surface area (Å²) in [6, 6.07) is 7.23. The third-order valence-corrected chi connectivity index (χ3v) is 8.66. The van der Waals surface area contributed by atoms with E-state index in [9.17, 15) is 14.4 Å². The highest BCUT2D eigenvalue weighted by Crippen LogP contribution is 2.45. The SMILES string of the molecule is C[C@H](c1cc2nccc(-c3cc(Cl)cc4c3OC(C(=O)N3CCNCC3)C4)c2s1)N1C(=O)CCC1=O. The summed E-state index contributed by atoms with van der Waals surface area (Å²) in [5.41, 5.74) is 3.40. The van der Waals surface area contributed by atoms with Crippen LogP contribution < -0.4 is 10.1 Å². The predicted molar refractivity (Wildman–Crippen MR) is 137 cm³/mol. The second kappa shape index (κ2) is 9.14. The van der Waals surface area contributed by atoms with Gasteiger partial charge >= 0.3 is 0 Å². The molecule has 6 rings (SSSR count). The van der Waals surface area contributed by atoms with Gasteiger partial charge in [0.1, 0.15) is 5.75 Å². The molecule has 1 unspecified atom stereocenters. The number of amides is 3. The maximum Gasteiger partial charge on any atom is 0.264 e. The highest BCUT2D eigenvalue weighted by molar-refractivity contribution is 7.19. The highest BCUT2D eigenvalue weighted by Gasteiger charge is 2.36. The number of aromatic nitrogens is 1. The lowest BCUT2D eigenvalue weighted by atomic mass is 10.0. The number of carbonyl (C=O) groups is 3. The van der Waals surface area contributed by atoms with E-state index in [4.69, 9.17) is 16.3 Å². The number of rotatable bonds is 4. The minimum atomic E-state index is -0.571. The number of nitrogens with zero attached hydrogens (tertiary/aromatic N) is 3. The van der Waals surface area contributed by atoms with Crippen molar-refractivity contribution in [3.05, 3.63) is 45.9 Å². The number of ether oxygens (including phenoxy) is 1. The molecule has 36 heavy (non-hydrogen) atoms. The Hall–Kier alpha value is -3.01. The Morgan fingerprint density at radius 2 is 1.92 bits per heavy atom. The lowest BCUT2D eigenvalue weighted by Gasteiger charge is -2.29. The van der Waals surface area contributed by atoms with Crippen LogP contribution in [0.25, 0.3) is 21.3 Å². The van der Waals surface area contributed by atoms with Gasteiger partial charge in [0, 0.05) is 78.2 Å². The Morgan fingerprint density at radius 3 is 2.67 bits per heavy atom. The quantitative estimate of drug-likeness (QED) is 0.525. The number of halogens is 1. The first kappa shape index (κ1) is 23.4. The summed E-state index contributed by atoms with van der Waals surface area (Å²) < 4.78 is 7.21. The zero-order valence-electron chi connectivity index (χ0n) is 19.8. The van der Waals surface area contributed by atoms with Crippen molar-refractivity contribution in [2.45, 2.75) is 38.3 Å². The fourth-order valence-corrected chi connectivity index (χ4v) is 6.71. The monoisotopic (exact) mass is 524 g/mol. The molecule has 3 aromatic rings. The lowest BCUT2D eigenvalue weighted by Crippen LogP contribution is -2.50. The summed E-state index contributed by atoms with van der Waals surface area (Å²) in [6.45, 7) is 4.78. The molecule has 3 aliphatic heterocycles. The minimum Gasteiger partial charge on any atom is -0.479 e. The number of thiophene rings is 1. The van der Waals surface area contributed by atoms with Crippen molar-refractivity contribution in [2.75, 3.05) is 26.2 Å². The van der Waals surface area contributed by atoms with Crippen LogP contribution >= 0.6 is 22.9 Å². The number of benzene rings is 1. The van der Waals surface area contributed by atoms with Gasteiger partial charge in [-0.25, -0.2) is 0 Å². The third-order valence-electron chi connectivity index (χ3n) is 7.11. The average molecular weight is 525 g/mol. The van der Waals surface area contributed by atoms with Crippen molar-refractivity contribution in [1.82, 2.24) is 20.1 Å². The number of piperazine rings is 1. The second-order valence-electron chi connectivity index (χ2n) is 9.38. The molecular weight excluding hydrogens is 500 g/mol. The van der Waals surface area contributed by atoms with Gasteiger partial charge in [0.2, 0.25) is 11.8 Å². The number of fused-ring (bicyclic) bond motifs is 2. The molecule has 0 bridgehead atoms. The van der Waals surface area contributed by atoms with Crippen molar-refractivity contribution < 1.29 is 19.1 Å². The summed E-state index contributed by atoms with van der Waals surface area (Å²) in [6.07, 6.45) is 2.16. The van der Waals surface area contributed by atoms with E-state index in [-0.39, 0.29) is 36.6 Å². The Balaban J connectivity index is 1.36. The van der Waals surface area contributed by atoms with Crippen LogP contribution in [-0.4, -0.2) is 64.8 Å². The lowest BCUT2D eigenvalue weighted by molar-refractivity contribution is -0.141. The van der Waals surface area contributed by atoms with E-state index >= 15 is 0 Å². The van der Waals surface area contributed by atoms with Crippen molar-refractivity contribution in [2.24, 2.45) is 0 Å². The fraction of sp³-hybridized carbons (Fsp3) is 0.385. The Bertz CT molecular complexity index is 1380. The van der Waals surface area contributed by atoms with E-state index in [2.05, 4.69) is 10.3 Å². The fourth-order valence-electron chi connectivity index (χ4n) is 5.28. The van der Waals surface area contributed by atoms with Gasteiger partial charge in [0.25, 0.3) is 5.91 Å². The number of imide groups is 1. The summed E-state index contributed by atoms with van der Waals surface area (Å²) in [5.74, 6) is 0.397. The predicted octanol–water partition coefficient (Wildman–Crippen LogP) is 3.56. The highest BCUT2D eigenvalue weighted by atomic mass is 35.5. The van der Waals surface area contributed by atoms with Gasteiger partial charge in [-0.2, -0.15) is 0 Å². The third kappa shape index (κ3) is 3.95. The molecular formula is C26H25ClN4O4S. The van der Waals surface area contributed by atoms with Crippen LogP contribution in [0.2, 0.25) is 5.02 Å². The number of hydrogen-bond donors (Lipinski definition) is 1. The van der Waals surface area contributed by atoms with Crippen LogP contribution in [0.3, 0.4) is 0 Å². The molecule has 8 nitrogen and oxygen atoms in total. The molecule has 1 N–H and O–H groups in total. The summed E-state index contributed by atoms with van der Waals surface area (Å²) >= 11 is 8.04. The molecule has 3 aliphatic rings. The zero-order chi connectivity index (χ0) is 25.0. The van der Waals surface area contributed by atoms with Crippen LogP contribution in [0.5, 0.6) is 5.75 Å². The molecule has 0 radical (unpaired) electrons. The van der Waals surface area contributed by atoms with Crippen molar-refractivity contribution in [3.63, 3.8) is 0 Å². The van der Waals surface area contributed by atoms with Gasteiger partial charge in [-0.1, -0.05) is 11.6 Å². The van der Waals surface area contributed by atoms with E-state index in [1.54, 1.807) is 6.20 Å².